The molecule has 1 fully saturated rings. The predicted octanol–water partition coefficient (Wildman–Crippen LogP) is 3.57. The third kappa shape index (κ3) is 4.16. The van der Waals surface area contributed by atoms with Gasteiger partial charge in [0.1, 0.15) is 5.75 Å². The molecule has 2 aliphatic rings. The summed E-state index contributed by atoms with van der Waals surface area (Å²) in [5.41, 5.74) is 2.81. The second-order valence-corrected chi connectivity index (χ2v) is 9.66. The van der Waals surface area contributed by atoms with Gasteiger partial charge in [-0.05, 0) is 66.8 Å². The molecular weight excluding hydrogens is 388 g/mol. The number of rotatable bonds is 5. The average Bonchev–Trinajstić information content (AvgIpc) is 3.28. The molecule has 0 spiro atoms. The summed E-state index contributed by atoms with van der Waals surface area (Å²) in [5, 5.41) is 3.01. The van der Waals surface area contributed by atoms with E-state index < -0.39 is 10.0 Å². The van der Waals surface area contributed by atoms with Crippen LogP contribution in [0.5, 0.6) is 5.75 Å². The topological polar surface area (TPSA) is 75.7 Å². The zero-order valence-electron chi connectivity index (χ0n) is 16.6. The molecule has 7 heteroatoms. The van der Waals surface area contributed by atoms with E-state index in [-0.39, 0.29) is 16.7 Å². The fourth-order valence-corrected chi connectivity index (χ4v) is 5.56. The number of carbonyl (C=O) groups is 1. The van der Waals surface area contributed by atoms with Gasteiger partial charge in [-0.1, -0.05) is 18.9 Å². The normalized spacial score (nSPS) is 17.7. The van der Waals surface area contributed by atoms with E-state index in [0.717, 1.165) is 42.5 Å². The number of hydrogen-bond acceptors (Lipinski definition) is 4. The minimum absolute atomic E-state index is 0.0703. The van der Waals surface area contributed by atoms with Gasteiger partial charge in [-0.3, -0.25) is 4.79 Å². The van der Waals surface area contributed by atoms with Gasteiger partial charge < -0.3 is 10.1 Å². The summed E-state index contributed by atoms with van der Waals surface area (Å²) >= 11 is 0. The minimum atomic E-state index is -3.59. The standard InChI is InChI=1S/C22H26N2O4S/c1-28-20-8-10-21(11-9-20)29(26,27)24-13-12-16-6-7-19(14-18(16)15-24)23-22(25)17-4-2-3-5-17/h6-11,14,17H,2-5,12-13,15H2,1H3,(H,23,25). The van der Waals surface area contributed by atoms with Crippen LogP contribution in [-0.2, 0) is 27.8 Å². The van der Waals surface area contributed by atoms with Crippen LogP contribution in [0.3, 0.4) is 0 Å². The molecule has 1 N–H and O–H groups in total. The van der Waals surface area contributed by atoms with E-state index in [0.29, 0.717) is 25.3 Å². The van der Waals surface area contributed by atoms with Gasteiger partial charge in [-0.2, -0.15) is 4.31 Å². The van der Waals surface area contributed by atoms with Gasteiger partial charge in [0, 0.05) is 24.7 Å². The smallest absolute Gasteiger partial charge is 0.243 e. The molecule has 0 radical (unpaired) electrons. The van der Waals surface area contributed by atoms with Crippen LogP contribution in [-0.4, -0.2) is 32.3 Å². The van der Waals surface area contributed by atoms with E-state index in [1.54, 1.807) is 31.4 Å². The van der Waals surface area contributed by atoms with Crippen molar-refractivity contribution in [1.29, 1.82) is 0 Å². The van der Waals surface area contributed by atoms with Gasteiger partial charge in [0.2, 0.25) is 15.9 Å². The van der Waals surface area contributed by atoms with Crippen LogP contribution in [0.15, 0.2) is 47.4 Å². The summed E-state index contributed by atoms with van der Waals surface area (Å²) in [6.45, 7) is 0.742. The first kappa shape index (κ1) is 19.9. The number of nitrogens with one attached hydrogen (secondary N) is 1. The molecule has 154 valence electrons. The number of nitrogens with zero attached hydrogens (tertiary/aromatic N) is 1. The number of sulfonamides is 1. The zero-order valence-corrected chi connectivity index (χ0v) is 17.4. The molecule has 29 heavy (non-hydrogen) atoms. The van der Waals surface area contributed by atoms with Crippen LogP contribution >= 0.6 is 0 Å². The van der Waals surface area contributed by atoms with Crippen molar-refractivity contribution in [2.45, 2.75) is 43.5 Å². The molecular formula is C22H26N2O4S. The van der Waals surface area contributed by atoms with Gasteiger partial charge in [0.15, 0.2) is 0 Å². The number of amides is 1. The van der Waals surface area contributed by atoms with E-state index in [1.807, 2.05) is 18.2 Å². The highest BCUT2D eigenvalue weighted by Gasteiger charge is 2.29. The first-order chi connectivity index (χ1) is 14.0. The Balaban J connectivity index is 1.51. The molecule has 2 aromatic carbocycles. The van der Waals surface area contributed by atoms with Gasteiger partial charge in [-0.15, -0.1) is 0 Å². The summed E-state index contributed by atoms with van der Waals surface area (Å²) in [6, 6.07) is 12.3. The van der Waals surface area contributed by atoms with Crippen molar-refractivity contribution in [3.63, 3.8) is 0 Å². The largest absolute Gasteiger partial charge is 0.497 e. The van der Waals surface area contributed by atoms with Gasteiger partial charge >= 0.3 is 0 Å². The fraction of sp³-hybridized carbons (Fsp3) is 0.409. The highest BCUT2D eigenvalue weighted by Crippen LogP contribution is 2.29. The maximum atomic E-state index is 13.0. The SMILES string of the molecule is COc1ccc(S(=O)(=O)N2CCc3ccc(NC(=O)C4CCCC4)cc3C2)cc1. The molecule has 0 bridgehead atoms. The molecule has 1 aliphatic carbocycles. The molecule has 4 rings (SSSR count). The third-order valence-electron chi connectivity index (χ3n) is 5.87. The predicted molar refractivity (Wildman–Crippen MR) is 111 cm³/mol. The zero-order chi connectivity index (χ0) is 20.4. The van der Waals surface area contributed by atoms with Crippen LogP contribution in [0.25, 0.3) is 0 Å². The minimum Gasteiger partial charge on any atom is -0.497 e. The lowest BCUT2D eigenvalue weighted by molar-refractivity contribution is -0.119. The molecule has 2 aromatic rings. The Morgan fingerprint density at radius 2 is 1.79 bits per heavy atom. The van der Waals surface area contributed by atoms with Crippen molar-refractivity contribution in [2.24, 2.45) is 5.92 Å². The quantitative estimate of drug-likeness (QED) is 0.812. The van der Waals surface area contributed by atoms with Crippen LogP contribution in [0.1, 0.15) is 36.8 Å². The average molecular weight is 415 g/mol. The van der Waals surface area contributed by atoms with Crippen molar-refractivity contribution in [3.8, 4) is 5.75 Å². The van der Waals surface area contributed by atoms with Crippen LogP contribution < -0.4 is 10.1 Å². The highest BCUT2D eigenvalue weighted by molar-refractivity contribution is 7.89. The van der Waals surface area contributed by atoms with Crippen molar-refractivity contribution < 1.29 is 17.9 Å². The Labute approximate surface area is 171 Å². The van der Waals surface area contributed by atoms with Crippen LogP contribution in [0.2, 0.25) is 0 Å². The fourth-order valence-electron chi connectivity index (χ4n) is 4.14. The Morgan fingerprint density at radius 1 is 1.07 bits per heavy atom. The second-order valence-electron chi connectivity index (χ2n) is 7.72. The number of methoxy groups -OCH3 is 1. The summed E-state index contributed by atoms with van der Waals surface area (Å²) in [5.74, 6) is 0.787. The third-order valence-corrected chi connectivity index (χ3v) is 7.73. The summed E-state index contributed by atoms with van der Waals surface area (Å²) in [7, 11) is -2.04. The molecule has 1 aliphatic heterocycles. The number of ether oxygens (including phenoxy) is 1. The maximum Gasteiger partial charge on any atom is 0.243 e. The lowest BCUT2D eigenvalue weighted by Crippen LogP contribution is -2.36. The number of fused-ring (bicyclic) bond motifs is 1. The Kier molecular flexibility index (Phi) is 5.61. The Hall–Kier alpha value is -2.38. The van der Waals surface area contributed by atoms with Crippen LogP contribution in [0, 0.1) is 5.92 Å². The van der Waals surface area contributed by atoms with E-state index >= 15 is 0 Å². The van der Waals surface area contributed by atoms with Crippen molar-refractivity contribution in [3.05, 3.63) is 53.6 Å². The first-order valence-electron chi connectivity index (χ1n) is 10.0. The number of benzene rings is 2. The summed E-state index contributed by atoms with van der Waals surface area (Å²) in [6.07, 6.45) is 4.78. The van der Waals surface area contributed by atoms with Crippen molar-refractivity contribution in [2.75, 3.05) is 19.0 Å². The van der Waals surface area contributed by atoms with Gasteiger partial charge in [0.25, 0.3) is 0 Å². The first-order valence-corrected chi connectivity index (χ1v) is 11.5. The van der Waals surface area contributed by atoms with Crippen LogP contribution in [0.4, 0.5) is 5.69 Å². The molecule has 0 aromatic heterocycles. The molecule has 1 saturated carbocycles. The van der Waals surface area contributed by atoms with E-state index in [9.17, 15) is 13.2 Å². The number of carbonyl (C=O) groups excluding carboxylic acids is 1. The molecule has 1 heterocycles. The molecule has 0 unspecified atom stereocenters. The molecule has 1 amide bonds. The maximum absolute atomic E-state index is 13.0. The number of anilines is 1. The molecule has 0 atom stereocenters. The Bertz CT molecular complexity index is 996. The Morgan fingerprint density at radius 3 is 2.48 bits per heavy atom. The number of hydrogen-bond donors (Lipinski definition) is 1. The molecule has 0 saturated heterocycles. The highest BCUT2D eigenvalue weighted by atomic mass is 32.2. The lowest BCUT2D eigenvalue weighted by atomic mass is 10.00. The summed E-state index contributed by atoms with van der Waals surface area (Å²) < 4.78 is 32.7. The van der Waals surface area contributed by atoms with Crippen molar-refractivity contribution in [1.82, 2.24) is 4.31 Å². The van der Waals surface area contributed by atoms with E-state index in [1.165, 1.54) is 4.31 Å². The lowest BCUT2D eigenvalue weighted by Gasteiger charge is -2.28. The summed E-state index contributed by atoms with van der Waals surface area (Å²) in [4.78, 5) is 12.7. The van der Waals surface area contributed by atoms with Gasteiger partial charge in [-0.25, -0.2) is 8.42 Å². The van der Waals surface area contributed by atoms with E-state index in [2.05, 4.69) is 5.32 Å². The van der Waals surface area contributed by atoms with Gasteiger partial charge in [0.05, 0.1) is 12.0 Å². The van der Waals surface area contributed by atoms with Crippen molar-refractivity contribution >= 4 is 21.6 Å². The second kappa shape index (κ2) is 8.16. The monoisotopic (exact) mass is 414 g/mol. The molecule has 6 nitrogen and oxygen atoms in total. The van der Waals surface area contributed by atoms with E-state index in [4.69, 9.17) is 4.74 Å².